The van der Waals surface area contributed by atoms with Crippen LogP contribution < -0.4 is 5.32 Å². The Bertz CT molecular complexity index is 4670. The third kappa shape index (κ3) is 39.7. The molecule has 27 heteroatoms. The molecule has 5 aliphatic heterocycles. The van der Waals surface area contributed by atoms with Crippen LogP contribution in [0.2, 0.25) is 0 Å². The van der Waals surface area contributed by atoms with Gasteiger partial charge in [-0.05, 0) is 357 Å². The van der Waals surface area contributed by atoms with Gasteiger partial charge in [0.15, 0.2) is 0 Å². The maximum atomic E-state index is 14.2. The van der Waals surface area contributed by atoms with Crippen molar-refractivity contribution in [3.05, 3.63) is 177 Å². The van der Waals surface area contributed by atoms with E-state index in [9.17, 15) is 47.9 Å². The van der Waals surface area contributed by atoms with E-state index in [1.807, 2.05) is 250 Å². The average Bonchev–Trinajstić information content (AvgIpc) is 1.83. The van der Waals surface area contributed by atoms with Crippen LogP contribution >= 0.6 is 0 Å². The summed E-state index contributed by atoms with van der Waals surface area (Å²) in [7, 11) is 0. The number of nitrogens with one attached hydrogen (secondary N) is 1. The van der Waals surface area contributed by atoms with Crippen molar-refractivity contribution in [3.8, 4) is 0 Å². The van der Waals surface area contributed by atoms with Crippen molar-refractivity contribution >= 4 is 60.3 Å². The van der Waals surface area contributed by atoms with Crippen LogP contribution in [0.5, 0.6) is 0 Å². The second-order valence-electron chi connectivity index (χ2n) is 49.9. The highest BCUT2D eigenvalue weighted by atomic mass is 16.6. The molecule has 10 atom stereocenters. The summed E-state index contributed by atoms with van der Waals surface area (Å²) in [5.74, 6) is -4.21. The number of likely N-dealkylation sites (tertiary alicyclic amines) is 5. The zero-order valence-corrected chi connectivity index (χ0v) is 91.3. The molecule has 5 amide bonds. The number of rotatable bonds is 30. The molecular weight excluding hydrogens is 1800 g/mol. The zero-order valence-electron chi connectivity index (χ0n) is 91.3. The quantitative estimate of drug-likeness (QED) is 0.0330. The van der Waals surface area contributed by atoms with E-state index in [0.717, 1.165) is 55.6 Å². The van der Waals surface area contributed by atoms with Gasteiger partial charge in [-0.3, -0.25) is 28.9 Å². The molecule has 5 aliphatic rings. The number of hydrogen-bond donors (Lipinski definition) is 1. The van der Waals surface area contributed by atoms with Gasteiger partial charge in [-0.25, -0.2) is 24.0 Å². The molecule has 0 aliphatic carbocycles. The lowest BCUT2D eigenvalue weighted by molar-refractivity contribution is -0.163. The lowest BCUT2D eigenvalue weighted by atomic mass is 9.85. The third-order valence-corrected chi connectivity index (χ3v) is 24.9. The molecule has 0 spiro atoms. The largest absolute Gasteiger partial charge is 0.460 e. The zero-order chi connectivity index (χ0) is 105. The Hall–Kier alpha value is -10.3. The van der Waals surface area contributed by atoms with Crippen LogP contribution in [0, 0.1) is 59.2 Å². The molecule has 5 aromatic rings. The van der Waals surface area contributed by atoms with E-state index in [2.05, 4.69) is 89.1 Å². The number of carbonyl (C=O) groups excluding carboxylic acids is 10. The summed E-state index contributed by atoms with van der Waals surface area (Å²) < 4.78 is 58.4. The first kappa shape index (κ1) is 115. The lowest BCUT2D eigenvalue weighted by Crippen LogP contribution is -2.38. The van der Waals surface area contributed by atoms with Gasteiger partial charge in [0.1, 0.15) is 56.0 Å². The molecule has 1 N–H and O–H groups in total. The summed E-state index contributed by atoms with van der Waals surface area (Å²) in [5.41, 5.74) is 3.79. The van der Waals surface area contributed by atoms with E-state index in [1.165, 1.54) is 0 Å². The van der Waals surface area contributed by atoms with Crippen LogP contribution in [0.3, 0.4) is 0 Å². The summed E-state index contributed by atoms with van der Waals surface area (Å²) >= 11 is 0. The first-order chi connectivity index (χ1) is 65.6. The molecule has 5 fully saturated rings. The fraction of sp³-hybridized carbons (Fsp3) is 0.652. The minimum atomic E-state index is -0.706. The van der Waals surface area contributed by atoms with Crippen molar-refractivity contribution in [2.24, 2.45) is 59.2 Å². The average molecular weight is 1970 g/mol. The molecule has 0 radical (unpaired) electrons. The molecule has 786 valence electrons. The van der Waals surface area contributed by atoms with Crippen LogP contribution in [-0.4, -0.2) is 211 Å². The Morgan fingerprint density at radius 1 is 0.246 bits per heavy atom. The van der Waals surface area contributed by atoms with Crippen molar-refractivity contribution < 1.29 is 95.3 Å². The minimum Gasteiger partial charge on any atom is -0.460 e. The van der Waals surface area contributed by atoms with Gasteiger partial charge in [-0.2, -0.15) is 0 Å². The highest BCUT2D eigenvalue weighted by Crippen LogP contribution is 2.39. The molecule has 27 nitrogen and oxygen atoms in total. The number of amides is 5. The Morgan fingerprint density at radius 3 is 0.570 bits per heavy atom. The first-order valence-corrected chi connectivity index (χ1v) is 51.4. The van der Waals surface area contributed by atoms with E-state index in [1.54, 1.807) is 24.5 Å². The van der Waals surface area contributed by atoms with Crippen molar-refractivity contribution in [1.82, 2.24) is 34.7 Å². The summed E-state index contributed by atoms with van der Waals surface area (Å²) in [6, 6.07) is 41.6. The summed E-state index contributed by atoms with van der Waals surface area (Å²) in [4.78, 5) is 146. The van der Waals surface area contributed by atoms with Crippen LogP contribution in [0.25, 0.3) is 0 Å². The number of hydrogen-bond acceptors (Lipinski definition) is 22. The molecule has 0 bridgehead atoms. The van der Waals surface area contributed by atoms with Gasteiger partial charge in [0.05, 0.1) is 29.6 Å². The van der Waals surface area contributed by atoms with Gasteiger partial charge in [0.25, 0.3) is 0 Å². The van der Waals surface area contributed by atoms with E-state index >= 15 is 0 Å². The molecule has 5 heterocycles. The third-order valence-electron chi connectivity index (χ3n) is 24.9. The monoisotopic (exact) mass is 1970 g/mol. The number of esters is 5. The Morgan fingerprint density at radius 2 is 0.401 bits per heavy atom. The topological polar surface area (TPSA) is 294 Å². The van der Waals surface area contributed by atoms with Gasteiger partial charge in [0.2, 0.25) is 0 Å². The van der Waals surface area contributed by atoms with Crippen LogP contribution in [0.1, 0.15) is 295 Å². The molecule has 142 heavy (non-hydrogen) atoms. The maximum Gasteiger partial charge on any atom is 0.410 e. The van der Waals surface area contributed by atoms with E-state index in [4.69, 9.17) is 47.4 Å². The van der Waals surface area contributed by atoms with E-state index in [-0.39, 0.29) is 89.9 Å². The van der Waals surface area contributed by atoms with Gasteiger partial charge < -0.3 is 77.2 Å². The van der Waals surface area contributed by atoms with Crippen molar-refractivity contribution in [2.45, 2.75) is 361 Å². The van der Waals surface area contributed by atoms with Gasteiger partial charge in [-0.1, -0.05) is 121 Å². The predicted molar refractivity (Wildman–Crippen MR) is 550 cm³/mol. The second kappa shape index (κ2) is 48.2. The summed E-state index contributed by atoms with van der Waals surface area (Å²) in [6.07, 6.45) is 3.74. The van der Waals surface area contributed by atoms with Crippen molar-refractivity contribution in [2.75, 3.05) is 65.4 Å². The molecule has 5 saturated heterocycles. The predicted octanol–water partition coefficient (Wildman–Crippen LogP) is 21.7. The molecule has 0 aromatic heterocycles. The SMILES string of the molecule is CC(C)(C)OC(=O)[C@@H](Cc1cccc(CN(Cc2cccc(C[C@H](C(=O)OC(C)(C)C)[C@H]3CCN(C(=O)OC(C)(C)C)C3)c2)Cc2cccc(C[C@H](C(=O)OC(C)(C)C)[C@H]3CCN(C(=O)OC(C)(C)C)C3)c2)c1)[C@H]1CCN(C(=O)OC(C)(C)C)C1.CC(C)(C)OC(=O)[C@@H](Cc1cccc(CNCc2cccc(C[C@H](C(=O)OC(C)(C)C)[C@H]3CCN(C(=O)OC(C)(C)C)C3)c2)c1)[C@H]1CCN(C(=O)OC(C)(C)C)C1. The molecular formula is C115H171N7O20. The highest BCUT2D eigenvalue weighted by Gasteiger charge is 2.46. The minimum absolute atomic E-state index is 0.0473. The Balaban J connectivity index is 0.000000343. The van der Waals surface area contributed by atoms with Crippen LogP contribution in [-0.2, 0) is 136 Å². The fourth-order valence-corrected chi connectivity index (χ4v) is 19.0. The molecule has 0 unspecified atom stereocenters. The van der Waals surface area contributed by atoms with Crippen LogP contribution in [0.4, 0.5) is 24.0 Å². The van der Waals surface area contributed by atoms with Gasteiger partial charge >= 0.3 is 60.3 Å². The first-order valence-electron chi connectivity index (χ1n) is 51.4. The van der Waals surface area contributed by atoms with Gasteiger partial charge in [0, 0.05) is 98.2 Å². The smallest absolute Gasteiger partial charge is 0.410 e. The van der Waals surface area contributed by atoms with E-state index in [0.29, 0.717) is 162 Å². The number of benzene rings is 5. The highest BCUT2D eigenvalue weighted by molar-refractivity contribution is 5.78. The van der Waals surface area contributed by atoms with Crippen molar-refractivity contribution in [1.29, 1.82) is 0 Å². The summed E-state index contributed by atoms with van der Waals surface area (Å²) in [6.45, 7) is 63.3. The van der Waals surface area contributed by atoms with Crippen LogP contribution in [0.15, 0.2) is 121 Å². The number of ether oxygens (including phenoxy) is 10. The molecule has 5 aromatic carbocycles. The fourth-order valence-electron chi connectivity index (χ4n) is 19.0. The Labute approximate surface area is 848 Å². The van der Waals surface area contributed by atoms with Crippen molar-refractivity contribution in [3.63, 3.8) is 0 Å². The standard InChI is InChI=1S/C69H102N4O12.C46H69N3O8/c1-64(2,3)80-58(74)55(52-28-31-71(43-52)61(77)83-67(10,11)12)37-46-22-19-25-49(34-46)40-70(41-50-26-20-23-47(35-50)38-56(59(75)81-65(4,5)6)53-29-32-72(44-53)62(78)84-68(13,14)15)42-51-27-21-24-48(36-51)39-57(60(76)82-66(7,8)9)54-30-33-73(45-54)63(79)85-69(16,17)18;1-43(2,3)54-39(50)37(35-19-21-48(29-35)41(52)56-45(7,8)9)25-31-15-13-17-33(23-31)27-47-28-34-18-14-16-32(24-34)26-38(40(51)55-44(4,5)6)36-20-22-49(30-36)42(53)57-46(10,11)12/h19-27,34-36,52-57H,28-33,37-45H2,1-18H3;13-18,23-24,35-38,47H,19-22,25-30H2,1-12H3/t52-,53-,54-,55-,56-,57-;35-,36-,37-,38-/m00/s1. The van der Waals surface area contributed by atoms with Gasteiger partial charge in [-0.15, -0.1) is 0 Å². The lowest BCUT2D eigenvalue weighted by Gasteiger charge is -2.29. The number of nitrogens with zero attached hydrogens (tertiary/aromatic N) is 6. The van der Waals surface area contributed by atoms with E-state index < -0.39 is 85.6 Å². The molecule has 10 rings (SSSR count). The number of carbonyl (C=O) groups is 10. The maximum absolute atomic E-state index is 14.2. The second-order valence-corrected chi connectivity index (χ2v) is 49.9. The molecule has 0 saturated carbocycles. The summed E-state index contributed by atoms with van der Waals surface area (Å²) in [5, 5.41) is 3.57. The Kier molecular flexibility index (Phi) is 39.1. The normalized spacial score (nSPS) is 19.0.